The maximum absolute atomic E-state index is 11.6. The summed E-state index contributed by atoms with van der Waals surface area (Å²) in [5.41, 5.74) is 0.968. The Balaban J connectivity index is 2.06. The molecule has 18 heavy (non-hydrogen) atoms. The maximum Gasteiger partial charge on any atom is 0.413 e. The lowest BCUT2D eigenvalue weighted by Crippen LogP contribution is -2.31. The van der Waals surface area contributed by atoms with Crippen molar-refractivity contribution in [3.63, 3.8) is 0 Å². The molecule has 5 nitrogen and oxygen atoms in total. The molecule has 1 saturated heterocycles. The Kier molecular flexibility index (Phi) is 3.82. The number of hydrogen-bond acceptors (Lipinski definition) is 4. The first-order valence-corrected chi connectivity index (χ1v) is 5.86. The van der Waals surface area contributed by atoms with E-state index in [0.29, 0.717) is 6.42 Å². The SMILES string of the molecule is CCC(=O)OCN1C(=O)OCC1c1ccccc1. The summed E-state index contributed by atoms with van der Waals surface area (Å²) in [6.45, 7) is 1.93. The number of carbonyl (C=O) groups is 2. The highest BCUT2D eigenvalue weighted by atomic mass is 16.6. The van der Waals surface area contributed by atoms with E-state index in [1.165, 1.54) is 4.90 Å². The minimum absolute atomic E-state index is 0.0644. The number of rotatable bonds is 4. The highest BCUT2D eigenvalue weighted by molar-refractivity contribution is 5.72. The van der Waals surface area contributed by atoms with Gasteiger partial charge in [-0.05, 0) is 5.56 Å². The van der Waals surface area contributed by atoms with Crippen LogP contribution in [0.15, 0.2) is 30.3 Å². The second-order valence-electron chi connectivity index (χ2n) is 3.97. The van der Waals surface area contributed by atoms with E-state index in [9.17, 15) is 9.59 Å². The molecule has 1 fully saturated rings. The topological polar surface area (TPSA) is 55.8 Å². The lowest BCUT2D eigenvalue weighted by Gasteiger charge is -2.21. The molecule has 1 aromatic rings. The predicted molar refractivity (Wildman–Crippen MR) is 63.6 cm³/mol. The van der Waals surface area contributed by atoms with Gasteiger partial charge in [-0.25, -0.2) is 4.79 Å². The molecule has 1 aliphatic heterocycles. The average Bonchev–Trinajstić information content (AvgIpc) is 2.78. The third-order valence-corrected chi connectivity index (χ3v) is 2.81. The number of benzene rings is 1. The van der Waals surface area contributed by atoms with Gasteiger partial charge in [0.05, 0.1) is 6.04 Å². The number of cyclic esters (lactones) is 1. The molecule has 0 radical (unpaired) electrons. The fourth-order valence-electron chi connectivity index (χ4n) is 1.79. The van der Waals surface area contributed by atoms with Gasteiger partial charge in [0.1, 0.15) is 6.61 Å². The molecule has 1 unspecified atom stereocenters. The maximum atomic E-state index is 11.6. The van der Waals surface area contributed by atoms with Crippen LogP contribution in [0, 0.1) is 0 Å². The highest BCUT2D eigenvalue weighted by Gasteiger charge is 2.34. The first-order valence-electron chi connectivity index (χ1n) is 5.86. The first-order chi connectivity index (χ1) is 8.72. The van der Waals surface area contributed by atoms with Crippen molar-refractivity contribution >= 4 is 12.1 Å². The normalized spacial score (nSPS) is 18.6. The van der Waals surface area contributed by atoms with Crippen molar-refractivity contribution in [1.82, 2.24) is 4.90 Å². The molecule has 1 aromatic carbocycles. The molecule has 0 bridgehead atoms. The van der Waals surface area contributed by atoms with Crippen molar-refractivity contribution in [2.45, 2.75) is 19.4 Å². The van der Waals surface area contributed by atoms with E-state index in [0.717, 1.165) is 5.56 Å². The number of carbonyl (C=O) groups excluding carboxylic acids is 2. The number of amides is 1. The fraction of sp³-hybridized carbons (Fsp3) is 0.385. The number of ether oxygens (including phenoxy) is 2. The van der Waals surface area contributed by atoms with Gasteiger partial charge in [0.15, 0.2) is 6.73 Å². The number of hydrogen-bond donors (Lipinski definition) is 0. The van der Waals surface area contributed by atoms with Gasteiger partial charge in [-0.15, -0.1) is 0 Å². The standard InChI is InChI=1S/C13H15NO4/c1-2-12(15)18-9-14-11(8-17-13(14)16)10-6-4-3-5-7-10/h3-7,11H,2,8-9H2,1H3. The molecule has 1 atom stereocenters. The highest BCUT2D eigenvalue weighted by Crippen LogP contribution is 2.27. The molecule has 0 saturated carbocycles. The van der Waals surface area contributed by atoms with Gasteiger partial charge < -0.3 is 9.47 Å². The van der Waals surface area contributed by atoms with Crippen molar-refractivity contribution in [2.75, 3.05) is 13.3 Å². The molecule has 0 N–H and O–H groups in total. The Labute approximate surface area is 105 Å². The Bertz CT molecular complexity index is 432. The second kappa shape index (κ2) is 5.53. The predicted octanol–water partition coefficient (Wildman–Crippen LogP) is 2.09. The monoisotopic (exact) mass is 249 g/mol. The van der Waals surface area contributed by atoms with Crippen LogP contribution in [0.25, 0.3) is 0 Å². The lowest BCUT2D eigenvalue weighted by molar-refractivity contribution is -0.147. The average molecular weight is 249 g/mol. The largest absolute Gasteiger partial charge is 0.447 e. The van der Waals surface area contributed by atoms with Crippen LogP contribution < -0.4 is 0 Å². The van der Waals surface area contributed by atoms with E-state index in [-0.39, 0.29) is 25.3 Å². The van der Waals surface area contributed by atoms with Crippen molar-refractivity contribution in [3.8, 4) is 0 Å². The molecular weight excluding hydrogens is 234 g/mol. The van der Waals surface area contributed by atoms with E-state index in [1.54, 1.807) is 6.92 Å². The van der Waals surface area contributed by atoms with Gasteiger partial charge in [-0.1, -0.05) is 37.3 Å². The lowest BCUT2D eigenvalue weighted by atomic mass is 10.1. The second-order valence-corrected chi connectivity index (χ2v) is 3.97. The van der Waals surface area contributed by atoms with Crippen LogP contribution in [-0.4, -0.2) is 30.3 Å². The molecule has 1 amide bonds. The zero-order valence-electron chi connectivity index (χ0n) is 10.2. The van der Waals surface area contributed by atoms with Crippen molar-refractivity contribution < 1.29 is 19.1 Å². The molecule has 5 heteroatoms. The molecule has 2 rings (SSSR count). The molecule has 96 valence electrons. The van der Waals surface area contributed by atoms with E-state index in [4.69, 9.17) is 9.47 Å². The van der Waals surface area contributed by atoms with Crippen molar-refractivity contribution in [2.24, 2.45) is 0 Å². The summed E-state index contributed by atoms with van der Waals surface area (Å²) < 4.78 is 9.98. The first kappa shape index (κ1) is 12.4. The molecule has 1 aliphatic rings. The Morgan fingerprint density at radius 2 is 2.17 bits per heavy atom. The minimum atomic E-state index is -0.451. The van der Waals surface area contributed by atoms with Crippen LogP contribution in [-0.2, 0) is 14.3 Å². The van der Waals surface area contributed by atoms with Crippen LogP contribution in [0.5, 0.6) is 0 Å². The van der Waals surface area contributed by atoms with E-state index >= 15 is 0 Å². The molecule has 0 aliphatic carbocycles. The van der Waals surface area contributed by atoms with E-state index < -0.39 is 6.09 Å². The minimum Gasteiger partial charge on any atom is -0.447 e. The van der Waals surface area contributed by atoms with Gasteiger partial charge in [-0.3, -0.25) is 9.69 Å². The summed E-state index contributed by atoms with van der Waals surface area (Å²) in [5.74, 6) is -0.332. The summed E-state index contributed by atoms with van der Waals surface area (Å²) in [6, 6.07) is 9.34. The molecule has 0 spiro atoms. The Morgan fingerprint density at radius 3 is 2.83 bits per heavy atom. The molecular formula is C13H15NO4. The third kappa shape index (κ3) is 2.61. The van der Waals surface area contributed by atoms with Crippen LogP contribution in [0.1, 0.15) is 24.9 Å². The van der Waals surface area contributed by atoms with Gasteiger partial charge in [0, 0.05) is 6.42 Å². The summed E-state index contributed by atoms with van der Waals surface area (Å²) >= 11 is 0. The Hall–Kier alpha value is -2.04. The van der Waals surface area contributed by atoms with Crippen molar-refractivity contribution in [3.05, 3.63) is 35.9 Å². The van der Waals surface area contributed by atoms with E-state index in [1.807, 2.05) is 30.3 Å². The summed E-state index contributed by atoms with van der Waals surface area (Å²) in [7, 11) is 0. The molecule has 1 heterocycles. The fourth-order valence-corrected chi connectivity index (χ4v) is 1.79. The zero-order chi connectivity index (χ0) is 13.0. The summed E-state index contributed by atoms with van der Waals surface area (Å²) in [5, 5.41) is 0. The summed E-state index contributed by atoms with van der Waals surface area (Å²) in [6.07, 6.45) is -0.161. The van der Waals surface area contributed by atoms with Crippen LogP contribution in [0.3, 0.4) is 0 Å². The number of nitrogens with zero attached hydrogens (tertiary/aromatic N) is 1. The smallest absolute Gasteiger partial charge is 0.413 e. The van der Waals surface area contributed by atoms with Crippen LogP contribution in [0.4, 0.5) is 4.79 Å². The van der Waals surface area contributed by atoms with E-state index in [2.05, 4.69) is 0 Å². The van der Waals surface area contributed by atoms with Crippen molar-refractivity contribution in [1.29, 1.82) is 0 Å². The molecule has 0 aromatic heterocycles. The third-order valence-electron chi connectivity index (χ3n) is 2.81. The number of esters is 1. The van der Waals surface area contributed by atoms with Gasteiger partial charge >= 0.3 is 12.1 Å². The van der Waals surface area contributed by atoms with Gasteiger partial charge in [-0.2, -0.15) is 0 Å². The Morgan fingerprint density at radius 1 is 1.44 bits per heavy atom. The van der Waals surface area contributed by atoms with Gasteiger partial charge in [0.2, 0.25) is 0 Å². The van der Waals surface area contributed by atoms with Gasteiger partial charge in [0.25, 0.3) is 0 Å². The summed E-state index contributed by atoms with van der Waals surface area (Å²) in [4.78, 5) is 24.1. The van der Waals surface area contributed by atoms with Crippen LogP contribution >= 0.6 is 0 Å². The zero-order valence-corrected chi connectivity index (χ0v) is 10.2. The van der Waals surface area contributed by atoms with Crippen LogP contribution in [0.2, 0.25) is 0 Å². The quantitative estimate of drug-likeness (QED) is 0.767.